The zero-order valence-corrected chi connectivity index (χ0v) is 14.4. The van der Waals surface area contributed by atoms with Crippen LogP contribution in [-0.4, -0.2) is 20.7 Å². The van der Waals surface area contributed by atoms with E-state index in [1.165, 1.54) is 12.4 Å². The first-order valence-corrected chi connectivity index (χ1v) is 8.74. The minimum atomic E-state index is -0.882. The number of rotatable bonds is 6. The minimum Gasteiger partial charge on any atom is -0.347 e. The SMILES string of the molecule is O=C(NC(Cn1cncn1)c1ccccc1)C1CC1c1ccc(F)c(F)c1. The van der Waals surface area contributed by atoms with E-state index in [4.69, 9.17) is 0 Å². The lowest BCUT2D eigenvalue weighted by atomic mass is 10.1. The fourth-order valence-corrected chi connectivity index (χ4v) is 3.31. The van der Waals surface area contributed by atoms with Gasteiger partial charge in [-0.2, -0.15) is 5.10 Å². The van der Waals surface area contributed by atoms with Crippen LogP contribution in [0.2, 0.25) is 0 Å². The van der Waals surface area contributed by atoms with Gasteiger partial charge in [0.15, 0.2) is 11.6 Å². The van der Waals surface area contributed by atoms with Crippen molar-refractivity contribution in [2.75, 3.05) is 0 Å². The molecule has 3 aromatic rings. The number of hydrogen-bond donors (Lipinski definition) is 1. The lowest BCUT2D eigenvalue weighted by molar-refractivity contribution is -0.123. The molecule has 1 fully saturated rings. The number of amides is 1. The molecular weight excluding hydrogens is 350 g/mol. The Labute approximate surface area is 155 Å². The highest BCUT2D eigenvalue weighted by Crippen LogP contribution is 2.48. The van der Waals surface area contributed by atoms with Gasteiger partial charge in [0.05, 0.1) is 12.6 Å². The molecule has 27 heavy (non-hydrogen) atoms. The molecule has 3 atom stereocenters. The molecule has 138 valence electrons. The Morgan fingerprint density at radius 2 is 2.00 bits per heavy atom. The minimum absolute atomic E-state index is 0.0807. The molecule has 0 saturated heterocycles. The lowest BCUT2D eigenvalue weighted by Crippen LogP contribution is -2.33. The van der Waals surface area contributed by atoms with Gasteiger partial charge in [-0.05, 0) is 35.6 Å². The highest BCUT2D eigenvalue weighted by molar-refractivity contribution is 5.83. The molecule has 0 radical (unpaired) electrons. The molecule has 1 amide bonds. The number of halogens is 2. The predicted octanol–water partition coefficient (Wildman–Crippen LogP) is 3.22. The Morgan fingerprint density at radius 1 is 1.19 bits per heavy atom. The van der Waals surface area contributed by atoms with Gasteiger partial charge in [0.25, 0.3) is 0 Å². The second-order valence-electron chi connectivity index (χ2n) is 6.71. The summed E-state index contributed by atoms with van der Waals surface area (Å²) in [5.41, 5.74) is 1.62. The zero-order chi connectivity index (χ0) is 18.8. The van der Waals surface area contributed by atoms with Gasteiger partial charge in [0.1, 0.15) is 12.7 Å². The highest BCUT2D eigenvalue weighted by atomic mass is 19.2. The monoisotopic (exact) mass is 368 g/mol. The molecule has 1 aliphatic rings. The standard InChI is InChI=1S/C20H18F2N4O/c21-17-7-6-14(8-18(17)22)15-9-16(15)20(27)25-19(10-26-12-23-11-24-26)13-4-2-1-3-5-13/h1-8,11-12,15-16,19H,9-10H2,(H,25,27). The smallest absolute Gasteiger partial charge is 0.224 e. The molecule has 1 aromatic heterocycles. The van der Waals surface area contributed by atoms with E-state index in [1.54, 1.807) is 17.1 Å². The molecule has 0 aliphatic heterocycles. The van der Waals surface area contributed by atoms with Gasteiger partial charge in [-0.1, -0.05) is 36.4 Å². The van der Waals surface area contributed by atoms with Gasteiger partial charge in [0.2, 0.25) is 5.91 Å². The topological polar surface area (TPSA) is 59.8 Å². The average Bonchev–Trinajstić information content (AvgIpc) is 3.32. The van der Waals surface area contributed by atoms with Crippen LogP contribution in [0.4, 0.5) is 8.78 Å². The van der Waals surface area contributed by atoms with Crippen molar-refractivity contribution in [1.29, 1.82) is 0 Å². The Kier molecular flexibility index (Phi) is 4.66. The van der Waals surface area contributed by atoms with E-state index in [9.17, 15) is 13.6 Å². The normalized spacial score (nSPS) is 19.5. The maximum absolute atomic E-state index is 13.4. The third-order valence-electron chi connectivity index (χ3n) is 4.85. The van der Waals surface area contributed by atoms with Crippen molar-refractivity contribution in [3.05, 3.63) is 83.9 Å². The summed E-state index contributed by atoms with van der Waals surface area (Å²) in [5, 5.41) is 7.17. The Bertz CT molecular complexity index is 930. The third-order valence-corrected chi connectivity index (χ3v) is 4.85. The van der Waals surface area contributed by atoms with E-state index in [-0.39, 0.29) is 23.8 Å². The Morgan fingerprint density at radius 3 is 2.70 bits per heavy atom. The van der Waals surface area contributed by atoms with E-state index >= 15 is 0 Å². The summed E-state index contributed by atoms with van der Waals surface area (Å²) in [6.45, 7) is 0.457. The summed E-state index contributed by atoms with van der Waals surface area (Å²) in [7, 11) is 0. The third kappa shape index (κ3) is 3.86. The second kappa shape index (κ2) is 7.26. The van der Waals surface area contributed by atoms with Crippen molar-refractivity contribution in [2.45, 2.75) is 24.9 Å². The van der Waals surface area contributed by atoms with Crippen LogP contribution in [0.25, 0.3) is 0 Å². The molecule has 5 nitrogen and oxygen atoms in total. The van der Waals surface area contributed by atoms with E-state index < -0.39 is 11.6 Å². The summed E-state index contributed by atoms with van der Waals surface area (Å²) in [4.78, 5) is 16.7. The molecule has 1 saturated carbocycles. The number of nitrogens with one attached hydrogen (secondary N) is 1. The van der Waals surface area contributed by atoms with Crippen molar-refractivity contribution in [2.24, 2.45) is 5.92 Å². The summed E-state index contributed by atoms with van der Waals surface area (Å²) >= 11 is 0. The van der Waals surface area contributed by atoms with Gasteiger partial charge < -0.3 is 5.32 Å². The van der Waals surface area contributed by atoms with Crippen molar-refractivity contribution in [3.8, 4) is 0 Å². The van der Waals surface area contributed by atoms with Crippen LogP contribution in [0.3, 0.4) is 0 Å². The van der Waals surface area contributed by atoms with E-state index in [1.807, 2.05) is 30.3 Å². The number of benzene rings is 2. The number of nitrogens with zero attached hydrogens (tertiary/aromatic N) is 3. The fourth-order valence-electron chi connectivity index (χ4n) is 3.31. The number of carbonyl (C=O) groups is 1. The quantitative estimate of drug-likeness (QED) is 0.727. The first-order chi connectivity index (χ1) is 13.1. The summed E-state index contributed by atoms with van der Waals surface area (Å²) in [6.07, 6.45) is 3.68. The van der Waals surface area contributed by atoms with E-state index in [0.29, 0.717) is 18.5 Å². The zero-order valence-electron chi connectivity index (χ0n) is 14.4. The molecule has 1 aliphatic carbocycles. The van der Waals surface area contributed by atoms with Crippen LogP contribution < -0.4 is 5.32 Å². The van der Waals surface area contributed by atoms with Gasteiger partial charge in [0, 0.05) is 5.92 Å². The van der Waals surface area contributed by atoms with Gasteiger partial charge >= 0.3 is 0 Å². The van der Waals surface area contributed by atoms with Crippen LogP contribution in [0, 0.1) is 17.6 Å². The number of carbonyl (C=O) groups excluding carboxylic acids is 1. The molecule has 1 N–H and O–H groups in total. The average molecular weight is 368 g/mol. The molecule has 3 unspecified atom stereocenters. The van der Waals surface area contributed by atoms with Gasteiger partial charge in [-0.25, -0.2) is 13.8 Å². The molecule has 7 heteroatoms. The van der Waals surface area contributed by atoms with Crippen molar-refractivity contribution in [1.82, 2.24) is 20.1 Å². The highest BCUT2D eigenvalue weighted by Gasteiger charge is 2.44. The molecule has 0 bridgehead atoms. The molecule has 4 rings (SSSR count). The fraction of sp³-hybridized carbons (Fsp3) is 0.250. The first kappa shape index (κ1) is 17.3. The van der Waals surface area contributed by atoms with E-state index in [0.717, 1.165) is 11.6 Å². The van der Waals surface area contributed by atoms with Crippen LogP contribution in [0.5, 0.6) is 0 Å². The van der Waals surface area contributed by atoms with Crippen LogP contribution >= 0.6 is 0 Å². The molecule has 0 spiro atoms. The number of hydrogen-bond acceptors (Lipinski definition) is 3. The van der Waals surface area contributed by atoms with Gasteiger partial charge in [-0.3, -0.25) is 9.48 Å². The van der Waals surface area contributed by atoms with Crippen LogP contribution in [0.15, 0.2) is 61.2 Å². The Balaban J connectivity index is 1.46. The van der Waals surface area contributed by atoms with E-state index in [2.05, 4.69) is 15.4 Å². The van der Waals surface area contributed by atoms with Crippen LogP contribution in [-0.2, 0) is 11.3 Å². The number of aromatic nitrogens is 3. The second-order valence-corrected chi connectivity index (χ2v) is 6.71. The largest absolute Gasteiger partial charge is 0.347 e. The van der Waals surface area contributed by atoms with Crippen molar-refractivity contribution >= 4 is 5.91 Å². The van der Waals surface area contributed by atoms with Crippen molar-refractivity contribution in [3.63, 3.8) is 0 Å². The first-order valence-electron chi connectivity index (χ1n) is 8.74. The lowest BCUT2D eigenvalue weighted by Gasteiger charge is -2.19. The molecule has 2 aromatic carbocycles. The maximum atomic E-state index is 13.4. The molecule has 1 heterocycles. The van der Waals surface area contributed by atoms with Gasteiger partial charge in [-0.15, -0.1) is 0 Å². The summed E-state index contributed by atoms with van der Waals surface area (Å²) in [5.74, 6) is -2.18. The Hall–Kier alpha value is -3.09. The van der Waals surface area contributed by atoms with Crippen LogP contribution in [0.1, 0.15) is 29.5 Å². The van der Waals surface area contributed by atoms with Crippen molar-refractivity contribution < 1.29 is 13.6 Å². The summed E-state index contributed by atoms with van der Waals surface area (Å²) in [6, 6.07) is 13.2. The summed E-state index contributed by atoms with van der Waals surface area (Å²) < 4.78 is 28.2. The predicted molar refractivity (Wildman–Crippen MR) is 94.6 cm³/mol. The maximum Gasteiger partial charge on any atom is 0.224 e. The molecular formula is C20H18F2N4O.